The number of para-hydroxylation sites is 1. The number of anilines is 1. The van der Waals surface area contributed by atoms with Crippen molar-refractivity contribution in [2.75, 3.05) is 31.1 Å². The maximum atomic E-state index is 6.30. The highest BCUT2D eigenvalue weighted by Crippen LogP contribution is 2.25. The van der Waals surface area contributed by atoms with Crippen LogP contribution in [0.15, 0.2) is 53.7 Å². The Kier molecular flexibility index (Phi) is 8.21. The molecule has 30 heavy (non-hydrogen) atoms. The Balaban J connectivity index is 0.00000256. The minimum Gasteiger partial charge on any atom is -0.358 e. The third-order valence-electron chi connectivity index (χ3n) is 5.15. The van der Waals surface area contributed by atoms with Gasteiger partial charge < -0.3 is 20.5 Å². The summed E-state index contributed by atoms with van der Waals surface area (Å²) in [6.07, 6.45) is 3.70. The molecule has 3 aromatic rings. The predicted octanol–water partition coefficient (Wildman–Crippen LogP) is 4.21. The standard InChI is InChI=1S/C22H27ClN6.HI/c1-2-24-22(26-12-9-17-14-16-6-3-4-8-20(16)27-17)28-18-10-13-29(15-18)21-19(23)7-5-11-25-21;/h3-8,11,14,18,27H,2,9-10,12-13,15H2,1H3,(H2,24,26,28);1H. The van der Waals surface area contributed by atoms with Gasteiger partial charge >= 0.3 is 0 Å². The van der Waals surface area contributed by atoms with Crippen LogP contribution >= 0.6 is 35.6 Å². The molecular formula is C22H28ClIN6. The van der Waals surface area contributed by atoms with E-state index in [-0.39, 0.29) is 24.0 Å². The van der Waals surface area contributed by atoms with Crippen LogP contribution in [0.1, 0.15) is 19.0 Å². The topological polar surface area (TPSA) is 68.3 Å². The van der Waals surface area contributed by atoms with Gasteiger partial charge in [-0.15, -0.1) is 24.0 Å². The van der Waals surface area contributed by atoms with Gasteiger partial charge in [-0.05, 0) is 43.0 Å². The van der Waals surface area contributed by atoms with Crippen molar-refractivity contribution in [3.8, 4) is 0 Å². The maximum Gasteiger partial charge on any atom is 0.191 e. The molecule has 0 aliphatic carbocycles. The number of benzene rings is 1. The third-order valence-corrected chi connectivity index (χ3v) is 5.44. The molecule has 1 aliphatic heterocycles. The average molecular weight is 539 g/mol. The Bertz CT molecular complexity index is 955. The zero-order valence-electron chi connectivity index (χ0n) is 17.1. The van der Waals surface area contributed by atoms with Crippen LogP contribution in [0.4, 0.5) is 5.82 Å². The van der Waals surface area contributed by atoms with Crippen molar-refractivity contribution in [2.24, 2.45) is 4.99 Å². The number of hydrogen-bond acceptors (Lipinski definition) is 3. The molecule has 1 saturated heterocycles. The second-order valence-corrected chi connectivity index (χ2v) is 7.68. The van der Waals surface area contributed by atoms with E-state index in [1.54, 1.807) is 6.20 Å². The Labute approximate surface area is 199 Å². The second kappa shape index (κ2) is 10.9. The highest BCUT2D eigenvalue weighted by molar-refractivity contribution is 14.0. The van der Waals surface area contributed by atoms with Gasteiger partial charge in [-0.2, -0.15) is 0 Å². The molecule has 0 radical (unpaired) electrons. The highest BCUT2D eigenvalue weighted by Gasteiger charge is 2.25. The van der Waals surface area contributed by atoms with E-state index in [1.165, 1.54) is 16.6 Å². The number of nitrogens with one attached hydrogen (secondary N) is 3. The van der Waals surface area contributed by atoms with Gasteiger partial charge in [-0.3, -0.25) is 4.99 Å². The molecule has 1 atom stereocenters. The summed E-state index contributed by atoms with van der Waals surface area (Å²) >= 11 is 6.30. The number of aliphatic imine (C=N–C) groups is 1. The van der Waals surface area contributed by atoms with Crippen LogP contribution in [0.2, 0.25) is 5.02 Å². The number of nitrogens with zero attached hydrogens (tertiary/aromatic N) is 3. The molecule has 1 fully saturated rings. The lowest BCUT2D eigenvalue weighted by Gasteiger charge is -2.20. The summed E-state index contributed by atoms with van der Waals surface area (Å²) in [5, 5.41) is 8.87. The lowest BCUT2D eigenvalue weighted by molar-refractivity contribution is 0.648. The molecule has 1 unspecified atom stereocenters. The minimum atomic E-state index is 0. The second-order valence-electron chi connectivity index (χ2n) is 7.28. The maximum absolute atomic E-state index is 6.30. The first kappa shape index (κ1) is 22.7. The molecule has 0 bridgehead atoms. The molecule has 0 spiro atoms. The number of hydrogen-bond donors (Lipinski definition) is 3. The molecule has 4 rings (SSSR count). The first-order valence-corrected chi connectivity index (χ1v) is 10.6. The number of guanidine groups is 1. The molecule has 8 heteroatoms. The fraction of sp³-hybridized carbons (Fsp3) is 0.364. The molecule has 3 heterocycles. The van der Waals surface area contributed by atoms with E-state index in [1.807, 2.05) is 12.1 Å². The number of rotatable bonds is 6. The summed E-state index contributed by atoms with van der Waals surface area (Å²) in [5.74, 6) is 1.72. The van der Waals surface area contributed by atoms with Crippen LogP contribution in [0.5, 0.6) is 0 Å². The van der Waals surface area contributed by atoms with Crippen molar-refractivity contribution in [3.05, 3.63) is 59.4 Å². The molecule has 0 saturated carbocycles. The monoisotopic (exact) mass is 538 g/mol. The largest absolute Gasteiger partial charge is 0.358 e. The first-order valence-electron chi connectivity index (χ1n) is 10.2. The molecule has 0 amide bonds. The van der Waals surface area contributed by atoms with Crippen molar-refractivity contribution in [2.45, 2.75) is 25.8 Å². The smallest absolute Gasteiger partial charge is 0.191 e. The first-order chi connectivity index (χ1) is 14.2. The average Bonchev–Trinajstić information content (AvgIpc) is 3.35. The quantitative estimate of drug-likeness (QED) is 0.250. The van der Waals surface area contributed by atoms with Crippen LogP contribution in [0.25, 0.3) is 10.9 Å². The van der Waals surface area contributed by atoms with E-state index in [0.29, 0.717) is 11.1 Å². The van der Waals surface area contributed by atoms with Crippen LogP contribution in [-0.2, 0) is 6.42 Å². The third kappa shape index (κ3) is 5.57. The lowest BCUT2D eigenvalue weighted by Crippen LogP contribution is -2.44. The molecule has 3 N–H and O–H groups in total. The predicted molar refractivity (Wildman–Crippen MR) is 136 cm³/mol. The van der Waals surface area contributed by atoms with E-state index in [4.69, 9.17) is 16.6 Å². The fourth-order valence-electron chi connectivity index (χ4n) is 3.75. The van der Waals surface area contributed by atoms with E-state index in [9.17, 15) is 0 Å². The van der Waals surface area contributed by atoms with Crippen molar-refractivity contribution in [3.63, 3.8) is 0 Å². The zero-order chi connectivity index (χ0) is 20.1. The summed E-state index contributed by atoms with van der Waals surface area (Å²) in [5.41, 5.74) is 2.39. The van der Waals surface area contributed by atoms with Gasteiger partial charge in [0.25, 0.3) is 0 Å². The molecule has 1 aromatic carbocycles. The summed E-state index contributed by atoms with van der Waals surface area (Å²) < 4.78 is 0. The highest BCUT2D eigenvalue weighted by atomic mass is 127. The van der Waals surface area contributed by atoms with Crippen LogP contribution < -0.4 is 15.5 Å². The molecule has 2 aromatic heterocycles. The van der Waals surface area contributed by atoms with Crippen molar-refractivity contribution in [1.29, 1.82) is 0 Å². The summed E-state index contributed by atoms with van der Waals surface area (Å²) in [6.45, 7) is 5.45. The van der Waals surface area contributed by atoms with Crippen LogP contribution in [0, 0.1) is 0 Å². The molecule has 160 valence electrons. The van der Waals surface area contributed by atoms with Gasteiger partial charge in [-0.1, -0.05) is 29.8 Å². The van der Waals surface area contributed by atoms with Gasteiger partial charge in [0, 0.05) is 56.0 Å². The van der Waals surface area contributed by atoms with Gasteiger partial charge in [0.05, 0.1) is 5.02 Å². The Hall–Kier alpha value is -2.00. The van der Waals surface area contributed by atoms with Crippen LogP contribution in [-0.4, -0.2) is 48.1 Å². The SMILES string of the molecule is CCNC(=NCCc1cc2ccccc2[nH]1)NC1CCN(c2ncccc2Cl)C1.I. The van der Waals surface area contributed by atoms with Gasteiger partial charge in [0.1, 0.15) is 5.82 Å². The molecule has 1 aliphatic rings. The van der Waals surface area contributed by atoms with Gasteiger partial charge in [-0.25, -0.2) is 4.98 Å². The minimum absolute atomic E-state index is 0. The number of H-pyrrole nitrogens is 1. The van der Waals surface area contributed by atoms with Crippen LogP contribution in [0.3, 0.4) is 0 Å². The van der Waals surface area contributed by atoms with E-state index >= 15 is 0 Å². The Morgan fingerprint density at radius 2 is 2.17 bits per heavy atom. The van der Waals surface area contributed by atoms with Crippen molar-refractivity contribution < 1.29 is 0 Å². The number of aromatic nitrogens is 2. The normalized spacial score (nSPS) is 16.5. The van der Waals surface area contributed by atoms with E-state index in [2.05, 4.69) is 62.8 Å². The Morgan fingerprint density at radius 1 is 1.30 bits per heavy atom. The lowest BCUT2D eigenvalue weighted by atomic mass is 10.2. The number of pyridine rings is 1. The zero-order valence-corrected chi connectivity index (χ0v) is 20.2. The number of aromatic amines is 1. The van der Waals surface area contributed by atoms with Gasteiger partial charge in [0.2, 0.25) is 0 Å². The Morgan fingerprint density at radius 3 is 2.97 bits per heavy atom. The van der Waals surface area contributed by atoms with Crippen molar-refractivity contribution >= 4 is 58.3 Å². The summed E-state index contributed by atoms with van der Waals surface area (Å²) in [4.78, 5) is 14.9. The summed E-state index contributed by atoms with van der Waals surface area (Å²) in [6, 6.07) is 14.6. The number of halogens is 2. The van der Waals surface area contributed by atoms with Gasteiger partial charge in [0.15, 0.2) is 5.96 Å². The number of fused-ring (bicyclic) bond motifs is 1. The molecule has 6 nitrogen and oxygen atoms in total. The fourth-order valence-corrected chi connectivity index (χ4v) is 3.99. The summed E-state index contributed by atoms with van der Waals surface area (Å²) in [7, 11) is 0. The van der Waals surface area contributed by atoms with E-state index < -0.39 is 0 Å². The van der Waals surface area contributed by atoms with Crippen molar-refractivity contribution in [1.82, 2.24) is 20.6 Å². The molecular weight excluding hydrogens is 511 g/mol. The van der Waals surface area contributed by atoms with E-state index in [0.717, 1.165) is 50.8 Å².